The van der Waals surface area contributed by atoms with Gasteiger partial charge in [-0.3, -0.25) is 4.79 Å². The number of amides is 1. The molecule has 0 bridgehead atoms. The van der Waals surface area contributed by atoms with Crippen LogP contribution < -0.4 is 0 Å². The minimum Gasteiger partial charge on any atom is -0.396 e. The minimum atomic E-state index is -0.332. The van der Waals surface area contributed by atoms with Gasteiger partial charge in [-0.25, -0.2) is 0 Å². The lowest BCUT2D eigenvalue weighted by molar-refractivity contribution is -0.130. The minimum absolute atomic E-state index is 0.102. The molecule has 76 valence electrons. The monoisotopic (exact) mass is 187 g/mol. The highest BCUT2D eigenvalue weighted by atomic mass is 16.3. The number of nitrogens with zero attached hydrogens (tertiary/aromatic N) is 1. The molecule has 0 saturated carbocycles. The molecular weight excluding hydrogens is 170 g/mol. The summed E-state index contributed by atoms with van der Waals surface area (Å²) >= 11 is 0. The largest absolute Gasteiger partial charge is 0.396 e. The third kappa shape index (κ3) is 3.32. The van der Waals surface area contributed by atoms with Crippen LogP contribution in [0.1, 0.15) is 25.7 Å². The van der Waals surface area contributed by atoms with Crippen LogP contribution in [0.2, 0.25) is 0 Å². The summed E-state index contributed by atoms with van der Waals surface area (Å²) in [6.45, 7) is 1.31. The molecule has 0 aromatic rings. The van der Waals surface area contributed by atoms with Crippen molar-refractivity contribution in [1.82, 2.24) is 4.90 Å². The molecule has 1 aliphatic heterocycles. The first-order valence-electron chi connectivity index (χ1n) is 4.80. The number of carbonyl (C=O) groups excluding carboxylic acids is 1. The van der Waals surface area contributed by atoms with Gasteiger partial charge in [0.2, 0.25) is 5.91 Å². The number of hydrogen-bond acceptors (Lipinski definition) is 3. The highest BCUT2D eigenvalue weighted by Crippen LogP contribution is 2.11. The standard InChI is InChI=1S/C9H17NO3/c11-6-2-1-3-9(13)10-5-4-8(12)7-10/h8,11-12H,1-7H2/t8-/m1/s1. The third-order valence-corrected chi connectivity index (χ3v) is 2.31. The number of likely N-dealkylation sites (tertiary alicyclic amines) is 1. The smallest absolute Gasteiger partial charge is 0.222 e. The number of β-amino-alcohol motifs (C(OH)–C–C–N with tert-alkyl or cyclic N) is 1. The average molecular weight is 187 g/mol. The van der Waals surface area contributed by atoms with Crippen molar-refractivity contribution in [2.24, 2.45) is 0 Å². The highest BCUT2D eigenvalue weighted by Gasteiger charge is 2.23. The molecule has 0 radical (unpaired) electrons. The van der Waals surface area contributed by atoms with Gasteiger partial charge >= 0.3 is 0 Å². The van der Waals surface area contributed by atoms with Crippen LogP contribution in [0, 0.1) is 0 Å². The quantitative estimate of drug-likeness (QED) is 0.596. The molecule has 1 aliphatic rings. The summed E-state index contributed by atoms with van der Waals surface area (Å²) in [5.41, 5.74) is 0. The second-order valence-electron chi connectivity index (χ2n) is 3.46. The molecule has 2 N–H and O–H groups in total. The zero-order valence-electron chi connectivity index (χ0n) is 7.78. The predicted molar refractivity (Wildman–Crippen MR) is 48.1 cm³/mol. The number of hydrogen-bond donors (Lipinski definition) is 2. The van der Waals surface area contributed by atoms with Gasteiger partial charge < -0.3 is 15.1 Å². The van der Waals surface area contributed by atoms with Gasteiger partial charge in [0.05, 0.1) is 6.10 Å². The molecule has 1 fully saturated rings. The summed E-state index contributed by atoms with van der Waals surface area (Å²) in [6.07, 6.45) is 2.28. The summed E-state index contributed by atoms with van der Waals surface area (Å²) in [4.78, 5) is 13.1. The van der Waals surface area contributed by atoms with E-state index in [1.54, 1.807) is 4.90 Å². The fraction of sp³-hybridized carbons (Fsp3) is 0.889. The molecule has 0 aliphatic carbocycles. The van der Waals surface area contributed by atoms with E-state index in [2.05, 4.69) is 0 Å². The summed E-state index contributed by atoms with van der Waals surface area (Å²) in [5.74, 6) is 0.102. The van der Waals surface area contributed by atoms with E-state index < -0.39 is 0 Å². The van der Waals surface area contributed by atoms with Gasteiger partial charge in [-0.1, -0.05) is 0 Å². The first-order valence-corrected chi connectivity index (χ1v) is 4.80. The molecule has 4 heteroatoms. The van der Waals surface area contributed by atoms with Crippen LogP contribution in [-0.4, -0.2) is 46.8 Å². The summed E-state index contributed by atoms with van der Waals surface area (Å²) < 4.78 is 0. The topological polar surface area (TPSA) is 60.8 Å². The maximum Gasteiger partial charge on any atom is 0.222 e. The fourth-order valence-corrected chi connectivity index (χ4v) is 1.51. The Labute approximate surface area is 78.2 Å². The molecular formula is C9H17NO3. The van der Waals surface area contributed by atoms with Crippen LogP contribution in [0.3, 0.4) is 0 Å². The Bertz CT molecular complexity index is 172. The number of aliphatic hydroxyl groups excluding tert-OH is 2. The first-order chi connectivity index (χ1) is 6.24. The first kappa shape index (κ1) is 10.5. The summed E-state index contributed by atoms with van der Waals surface area (Å²) in [7, 11) is 0. The van der Waals surface area contributed by atoms with Gasteiger partial charge in [-0.15, -0.1) is 0 Å². The van der Waals surface area contributed by atoms with Crippen LogP contribution in [0.15, 0.2) is 0 Å². The van der Waals surface area contributed by atoms with Crippen molar-refractivity contribution in [2.75, 3.05) is 19.7 Å². The van der Waals surface area contributed by atoms with Gasteiger partial charge in [0.1, 0.15) is 0 Å². The van der Waals surface area contributed by atoms with Crippen molar-refractivity contribution in [3.05, 3.63) is 0 Å². The lowest BCUT2D eigenvalue weighted by Crippen LogP contribution is -2.29. The Morgan fingerprint density at radius 1 is 1.46 bits per heavy atom. The average Bonchev–Trinajstić information content (AvgIpc) is 2.52. The number of carbonyl (C=O) groups is 1. The Morgan fingerprint density at radius 2 is 2.23 bits per heavy atom. The summed E-state index contributed by atoms with van der Waals surface area (Å²) in [6, 6.07) is 0. The molecule has 0 aromatic heterocycles. The van der Waals surface area contributed by atoms with Crippen LogP contribution in [0.5, 0.6) is 0 Å². The number of unbranched alkanes of at least 4 members (excludes halogenated alkanes) is 1. The van der Waals surface area contributed by atoms with Crippen molar-refractivity contribution in [3.63, 3.8) is 0 Å². The van der Waals surface area contributed by atoms with E-state index in [-0.39, 0.29) is 18.6 Å². The molecule has 0 aromatic carbocycles. The fourth-order valence-electron chi connectivity index (χ4n) is 1.51. The Morgan fingerprint density at radius 3 is 2.77 bits per heavy atom. The van der Waals surface area contributed by atoms with E-state index in [9.17, 15) is 9.90 Å². The van der Waals surface area contributed by atoms with Gasteiger partial charge in [0.25, 0.3) is 0 Å². The molecule has 1 saturated heterocycles. The zero-order valence-corrected chi connectivity index (χ0v) is 7.78. The lowest BCUT2D eigenvalue weighted by atomic mass is 10.2. The van der Waals surface area contributed by atoms with Gasteiger partial charge in [0, 0.05) is 26.1 Å². The van der Waals surface area contributed by atoms with Crippen molar-refractivity contribution in [1.29, 1.82) is 0 Å². The second kappa shape index (κ2) is 5.19. The highest BCUT2D eigenvalue weighted by molar-refractivity contribution is 5.76. The van der Waals surface area contributed by atoms with E-state index >= 15 is 0 Å². The molecule has 1 amide bonds. The van der Waals surface area contributed by atoms with E-state index in [0.717, 1.165) is 6.42 Å². The molecule has 1 atom stereocenters. The molecule has 1 rings (SSSR count). The van der Waals surface area contributed by atoms with Crippen LogP contribution in [-0.2, 0) is 4.79 Å². The van der Waals surface area contributed by atoms with Crippen LogP contribution in [0.4, 0.5) is 0 Å². The normalized spacial score (nSPS) is 22.3. The Kier molecular flexibility index (Phi) is 4.18. The molecule has 1 heterocycles. The molecule has 0 spiro atoms. The van der Waals surface area contributed by atoms with Gasteiger partial charge in [-0.2, -0.15) is 0 Å². The summed E-state index contributed by atoms with van der Waals surface area (Å²) in [5, 5.41) is 17.7. The Hall–Kier alpha value is -0.610. The maximum absolute atomic E-state index is 11.4. The zero-order chi connectivity index (χ0) is 9.68. The van der Waals surface area contributed by atoms with E-state index in [4.69, 9.17) is 5.11 Å². The Balaban J connectivity index is 2.16. The van der Waals surface area contributed by atoms with E-state index in [1.807, 2.05) is 0 Å². The molecule has 0 unspecified atom stereocenters. The van der Waals surface area contributed by atoms with Crippen molar-refractivity contribution >= 4 is 5.91 Å². The van der Waals surface area contributed by atoms with Crippen molar-refractivity contribution in [3.8, 4) is 0 Å². The maximum atomic E-state index is 11.4. The van der Waals surface area contributed by atoms with Crippen molar-refractivity contribution < 1.29 is 15.0 Å². The number of aliphatic hydroxyl groups is 2. The number of rotatable bonds is 4. The predicted octanol–water partition coefficient (Wildman–Crippen LogP) is -0.258. The molecule has 4 nitrogen and oxygen atoms in total. The van der Waals surface area contributed by atoms with Crippen molar-refractivity contribution in [2.45, 2.75) is 31.8 Å². The van der Waals surface area contributed by atoms with Gasteiger partial charge in [0.15, 0.2) is 0 Å². The third-order valence-electron chi connectivity index (χ3n) is 2.31. The second-order valence-corrected chi connectivity index (χ2v) is 3.46. The van der Waals surface area contributed by atoms with E-state index in [1.165, 1.54) is 0 Å². The van der Waals surface area contributed by atoms with Crippen LogP contribution in [0.25, 0.3) is 0 Å². The lowest BCUT2D eigenvalue weighted by Gasteiger charge is -2.14. The van der Waals surface area contributed by atoms with Gasteiger partial charge in [-0.05, 0) is 19.3 Å². The SMILES string of the molecule is O=C(CCCCO)N1CC[C@@H](O)C1. The van der Waals surface area contributed by atoms with Crippen LogP contribution >= 0.6 is 0 Å². The van der Waals surface area contributed by atoms with E-state index in [0.29, 0.717) is 32.4 Å². The molecule has 13 heavy (non-hydrogen) atoms.